The normalized spacial score (nSPS) is 18.0. The van der Waals surface area contributed by atoms with Crippen LogP contribution in [0.4, 0.5) is 0 Å². The zero-order valence-electron chi connectivity index (χ0n) is 13.2. The molecule has 1 heterocycles. The molecule has 1 aliphatic heterocycles. The number of piperidine rings is 1. The molecule has 132 valence electrons. The molecule has 2 rings (SSSR count). The van der Waals surface area contributed by atoms with E-state index in [1.54, 1.807) is 30.3 Å². The fraction of sp³-hybridized carbons (Fsp3) is 0.467. The lowest BCUT2D eigenvalue weighted by Gasteiger charge is -2.30. The van der Waals surface area contributed by atoms with E-state index in [-0.39, 0.29) is 25.0 Å². The second-order valence-corrected chi connectivity index (χ2v) is 7.20. The third-order valence-corrected chi connectivity index (χ3v) is 5.55. The van der Waals surface area contributed by atoms with Crippen LogP contribution in [0.1, 0.15) is 24.4 Å². The van der Waals surface area contributed by atoms with Gasteiger partial charge in [0, 0.05) is 13.1 Å². The Bertz CT molecular complexity index is 683. The van der Waals surface area contributed by atoms with Crippen molar-refractivity contribution in [3.8, 4) is 0 Å². The molecule has 1 aromatic carbocycles. The number of nitrogens with zero attached hydrogens (tertiary/aromatic N) is 1. The number of methoxy groups -OCH3 is 1. The summed E-state index contributed by atoms with van der Waals surface area (Å²) in [6.07, 6.45) is 0.688. The highest BCUT2D eigenvalue weighted by Crippen LogP contribution is 2.22. The number of carbonyl (C=O) groups is 2. The maximum absolute atomic E-state index is 12.5. The van der Waals surface area contributed by atoms with Gasteiger partial charge in [0.25, 0.3) is 10.2 Å². The molecule has 1 aromatic rings. The Kier molecular flexibility index (Phi) is 5.92. The second kappa shape index (κ2) is 7.73. The molecular formula is C15H20N2O6S. The van der Waals surface area contributed by atoms with Crippen molar-refractivity contribution in [3.63, 3.8) is 0 Å². The summed E-state index contributed by atoms with van der Waals surface area (Å²) < 4.78 is 33.0. The average molecular weight is 356 g/mol. The zero-order valence-corrected chi connectivity index (χ0v) is 14.0. The quantitative estimate of drug-likeness (QED) is 0.719. The molecule has 1 atom stereocenters. The Labute approximate surface area is 140 Å². The molecule has 8 nitrogen and oxygen atoms in total. The van der Waals surface area contributed by atoms with Gasteiger partial charge in [-0.2, -0.15) is 17.4 Å². The predicted octanol–water partition coefficient (Wildman–Crippen LogP) is 0.532. The number of carbonyl (C=O) groups excluding carboxylic acids is 1. The van der Waals surface area contributed by atoms with E-state index in [0.717, 1.165) is 4.31 Å². The molecule has 0 saturated carbocycles. The van der Waals surface area contributed by atoms with Gasteiger partial charge in [-0.15, -0.1) is 0 Å². The van der Waals surface area contributed by atoms with Crippen molar-refractivity contribution in [1.29, 1.82) is 0 Å². The number of benzene rings is 1. The first-order chi connectivity index (χ1) is 11.3. The van der Waals surface area contributed by atoms with E-state index in [1.165, 1.54) is 7.11 Å². The maximum Gasteiger partial charge on any atom is 0.326 e. The molecule has 1 aliphatic rings. The van der Waals surface area contributed by atoms with Gasteiger partial charge in [-0.25, -0.2) is 0 Å². The van der Waals surface area contributed by atoms with Gasteiger partial charge < -0.3 is 9.84 Å². The molecule has 0 aliphatic carbocycles. The molecule has 0 aromatic heterocycles. The van der Waals surface area contributed by atoms with Crippen LogP contribution in [-0.4, -0.2) is 50.0 Å². The summed E-state index contributed by atoms with van der Waals surface area (Å²) in [6.45, 7) is 0.270. The molecule has 0 unspecified atom stereocenters. The Hall–Kier alpha value is -1.97. The number of carboxylic acid groups (broad SMARTS) is 1. The lowest BCUT2D eigenvalue weighted by atomic mass is 9.99. The minimum atomic E-state index is -3.98. The van der Waals surface area contributed by atoms with Gasteiger partial charge >= 0.3 is 11.9 Å². The fourth-order valence-electron chi connectivity index (χ4n) is 2.63. The molecule has 1 saturated heterocycles. The summed E-state index contributed by atoms with van der Waals surface area (Å²) in [4.78, 5) is 22.9. The third kappa shape index (κ3) is 4.31. The molecule has 24 heavy (non-hydrogen) atoms. The van der Waals surface area contributed by atoms with Crippen molar-refractivity contribution in [2.45, 2.75) is 18.9 Å². The average Bonchev–Trinajstić information content (AvgIpc) is 2.59. The van der Waals surface area contributed by atoms with Crippen LogP contribution in [-0.2, 0) is 24.5 Å². The van der Waals surface area contributed by atoms with Crippen LogP contribution in [0.25, 0.3) is 0 Å². The number of nitrogens with one attached hydrogen (secondary N) is 1. The first-order valence-corrected chi connectivity index (χ1v) is 8.92. The summed E-state index contributed by atoms with van der Waals surface area (Å²) in [6, 6.07) is 6.72. The van der Waals surface area contributed by atoms with E-state index in [0.29, 0.717) is 18.4 Å². The number of carboxylic acids is 1. The molecule has 0 amide bonds. The molecule has 0 spiro atoms. The SMILES string of the molecule is COC(=O)C1CCN(S(=O)(=O)N[C@H](C(=O)O)c2ccccc2)CC1. The molecule has 1 fully saturated rings. The van der Waals surface area contributed by atoms with Crippen LogP contribution in [0.3, 0.4) is 0 Å². The van der Waals surface area contributed by atoms with Crippen LogP contribution >= 0.6 is 0 Å². The zero-order chi connectivity index (χ0) is 17.7. The minimum absolute atomic E-state index is 0.135. The van der Waals surface area contributed by atoms with Crippen LogP contribution in [0, 0.1) is 5.92 Å². The van der Waals surface area contributed by atoms with Crippen molar-refractivity contribution in [2.24, 2.45) is 5.92 Å². The summed E-state index contributed by atoms with van der Waals surface area (Å²) in [5, 5.41) is 9.33. The highest BCUT2D eigenvalue weighted by Gasteiger charge is 2.34. The third-order valence-electron chi connectivity index (χ3n) is 3.97. The summed E-state index contributed by atoms with van der Waals surface area (Å²) >= 11 is 0. The summed E-state index contributed by atoms with van der Waals surface area (Å²) in [5.41, 5.74) is 0.345. The number of aliphatic carboxylic acids is 1. The smallest absolute Gasteiger partial charge is 0.326 e. The van der Waals surface area contributed by atoms with E-state index in [4.69, 9.17) is 0 Å². The first kappa shape index (κ1) is 18.4. The largest absolute Gasteiger partial charge is 0.480 e. The van der Waals surface area contributed by atoms with Crippen molar-refractivity contribution >= 4 is 22.1 Å². The van der Waals surface area contributed by atoms with Gasteiger partial charge in [0.1, 0.15) is 6.04 Å². The van der Waals surface area contributed by atoms with E-state index >= 15 is 0 Å². The van der Waals surface area contributed by atoms with E-state index in [9.17, 15) is 23.1 Å². The molecule has 0 radical (unpaired) electrons. The van der Waals surface area contributed by atoms with Crippen molar-refractivity contribution < 1.29 is 27.9 Å². The van der Waals surface area contributed by atoms with Crippen LogP contribution < -0.4 is 4.72 Å². The number of hydrogen-bond donors (Lipinski definition) is 2. The van der Waals surface area contributed by atoms with E-state index < -0.39 is 22.2 Å². The van der Waals surface area contributed by atoms with Crippen molar-refractivity contribution in [2.75, 3.05) is 20.2 Å². The Balaban J connectivity index is 2.07. The molecule has 0 bridgehead atoms. The molecule has 2 N–H and O–H groups in total. The van der Waals surface area contributed by atoms with Crippen LogP contribution in [0.2, 0.25) is 0 Å². The molecule has 9 heteroatoms. The van der Waals surface area contributed by atoms with Gasteiger partial charge in [-0.1, -0.05) is 30.3 Å². The topological polar surface area (TPSA) is 113 Å². The Morgan fingerprint density at radius 3 is 2.33 bits per heavy atom. The predicted molar refractivity (Wildman–Crippen MR) is 85.2 cm³/mol. The number of rotatable bonds is 6. The van der Waals surface area contributed by atoms with E-state index in [1.807, 2.05) is 0 Å². The van der Waals surface area contributed by atoms with Gasteiger partial charge in [0.2, 0.25) is 0 Å². The highest BCUT2D eigenvalue weighted by molar-refractivity contribution is 7.87. The van der Waals surface area contributed by atoms with Crippen LogP contribution in [0.15, 0.2) is 30.3 Å². The lowest BCUT2D eigenvalue weighted by molar-refractivity contribution is -0.146. The number of esters is 1. The van der Waals surface area contributed by atoms with Gasteiger partial charge in [-0.05, 0) is 18.4 Å². The Morgan fingerprint density at radius 1 is 1.25 bits per heavy atom. The monoisotopic (exact) mass is 356 g/mol. The Morgan fingerprint density at radius 2 is 1.83 bits per heavy atom. The standard InChI is InChI=1S/C15H20N2O6S/c1-23-15(20)12-7-9-17(10-8-12)24(21,22)16-13(14(18)19)11-5-3-2-4-6-11/h2-6,12-13,16H,7-10H2,1H3,(H,18,19)/t13-/m0/s1. The maximum atomic E-state index is 12.5. The first-order valence-electron chi connectivity index (χ1n) is 7.48. The van der Waals surface area contributed by atoms with Crippen LogP contribution in [0.5, 0.6) is 0 Å². The molecular weight excluding hydrogens is 336 g/mol. The highest BCUT2D eigenvalue weighted by atomic mass is 32.2. The number of ether oxygens (including phenoxy) is 1. The minimum Gasteiger partial charge on any atom is -0.480 e. The summed E-state index contributed by atoms with van der Waals surface area (Å²) in [5.74, 6) is -1.97. The van der Waals surface area contributed by atoms with Gasteiger partial charge in [0.15, 0.2) is 0 Å². The van der Waals surface area contributed by atoms with E-state index in [2.05, 4.69) is 9.46 Å². The van der Waals surface area contributed by atoms with Crippen molar-refractivity contribution in [3.05, 3.63) is 35.9 Å². The second-order valence-electron chi connectivity index (χ2n) is 5.50. The van der Waals surface area contributed by atoms with Gasteiger partial charge in [-0.3, -0.25) is 9.59 Å². The fourth-order valence-corrected chi connectivity index (χ4v) is 4.00. The van der Waals surface area contributed by atoms with Gasteiger partial charge in [0.05, 0.1) is 13.0 Å². The number of hydrogen-bond acceptors (Lipinski definition) is 5. The summed E-state index contributed by atoms with van der Waals surface area (Å²) in [7, 11) is -2.69. The lowest BCUT2D eigenvalue weighted by Crippen LogP contribution is -2.48. The van der Waals surface area contributed by atoms with Crippen molar-refractivity contribution in [1.82, 2.24) is 9.03 Å².